The number of hydrogen-bond donors (Lipinski definition) is 1. The molecule has 2 amide bonds. The molecule has 0 unspecified atom stereocenters. The van der Waals surface area contributed by atoms with Gasteiger partial charge in [0.15, 0.2) is 6.61 Å². The highest BCUT2D eigenvalue weighted by Gasteiger charge is 2.23. The van der Waals surface area contributed by atoms with Gasteiger partial charge in [0, 0.05) is 44.4 Å². The molecule has 2 heterocycles. The third kappa shape index (κ3) is 4.64. The van der Waals surface area contributed by atoms with E-state index in [0.29, 0.717) is 5.69 Å². The molecule has 1 aromatic carbocycles. The lowest BCUT2D eigenvalue weighted by molar-refractivity contribution is -0.141. The molecular formula is C19H24N4O4. The van der Waals surface area contributed by atoms with Crippen LogP contribution >= 0.6 is 0 Å². The lowest BCUT2D eigenvalue weighted by atomic mass is 10.1. The average Bonchev–Trinajstić information content (AvgIpc) is 3.18. The van der Waals surface area contributed by atoms with Crippen molar-refractivity contribution in [3.63, 3.8) is 0 Å². The monoisotopic (exact) mass is 372 g/mol. The molecule has 1 aromatic rings. The van der Waals surface area contributed by atoms with E-state index >= 15 is 0 Å². The molecule has 1 saturated heterocycles. The fraction of sp³-hybridized carbons (Fsp3) is 0.474. The first-order chi connectivity index (χ1) is 12.9. The van der Waals surface area contributed by atoms with Crippen LogP contribution in [0.4, 0.5) is 11.4 Å². The number of nitrogens with zero attached hydrogens (tertiary/aromatic N) is 3. The topological polar surface area (TPSA) is 91.3 Å². The normalized spacial score (nSPS) is 17.0. The predicted octanol–water partition coefficient (Wildman–Crippen LogP) is 1.69. The first kappa shape index (κ1) is 18.9. The van der Waals surface area contributed by atoms with Gasteiger partial charge in [-0.25, -0.2) is 9.80 Å². The van der Waals surface area contributed by atoms with Crippen molar-refractivity contribution in [2.45, 2.75) is 32.6 Å². The van der Waals surface area contributed by atoms with Crippen molar-refractivity contribution < 1.29 is 19.1 Å². The van der Waals surface area contributed by atoms with E-state index in [1.54, 1.807) is 0 Å². The second-order valence-corrected chi connectivity index (χ2v) is 6.78. The third-order valence-corrected chi connectivity index (χ3v) is 4.73. The number of rotatable bonds is 5. The van der Waals surface area contributed by atoms with Crippen molar-refractivity contribution in [1.29, 1.82) is 0 Å². The number of carbonyl (C=O) groups excluding carboxylic acids is 3. The van der Waals surface area contributed by atoms with Crippen molar-refractivity contribution in [1.82, 2.24) is 5.01 Å². The fourth-order valence-electron chi connectivity index (χ4n) is 3.18. The molecule has 8 heteroatoms. The summed E-state index contributed by atoms with van der Waals surface area (Å²) < 4.78 is 5.02. The number of aryl methyl sites for hydroxylation is 1. The Balaban J connectivity index is 1.52. The number of esters is 1. The summed E-state index contributed by atoms with van der Waals surface area (Å²) in [7, 11) is 1.48. The highest BCUT2D eigenvalue weighted by atomic mass is 16.5. The Bertz CT molecular complexity index is 784. The molecule has 1 fully saturated rings. The summed E-state index contributed by atoms with van der Waals surface area (Å²) in [4.78, 5) is 37.8. The van der Waals surface area contributed by atoms with Gasteiger partial charge in [-0.05, 0) is 43.5 Å². The number of ether oxygens (including phenoxy) is 1. The molecule has 0 bridgehead atoms. The van der Waals surface area contributed by atoms with Crippen LogP contribution in [0, 0.1) is 6.92 Å². The highest BCUT2D eigenvalue weighted by Crippen LogP contribution is 2.25. The Kier molecular flexibility index (Phi) is 5.73. The van der Waals surface area contributed by atoms with Gasteiger partial charge in [0.1, 0.15) is 5.71 Å². The zero-order valence-electron chi connectivity index (χ0n) is 15.7. The fourth-order valence-corrected chi connectivity index (χ4v) is 3.18. The summed E-state index contributed by atoms with van der Waals surface area (Å²) in [5.74, 6) is -1.25. The van der Waals surface area contributed by atoms with Crippen LogP contribution in [0.1, 0.15) is 31.2 Å². The molecule has 0 atom stereocenters. The number of amides is 2. The van der Waals surface area contributed by atoms with Crippen molar-refractivity contribution in [2.24, 2.45) is 5.10 Å². The van der Waals surface area contributed by atoms with Crippen molar-refractivity contribution >= 4 is 34.9 Å². The molecule has 0 aliphatic carbocycles. The molecule has 2 aliphatic heterocycles. The van der Waals surface area contributed by atoms with Crippen LogP contribution in [0.3, 0.4) is 0 Å². The number of hydrazone groups is 1. The third-order valence-electron chi connectivity index (χ3n) is 4.73. The number of anilines is 2. The van der Waals surface area contributed by atoms with Gasteiger partial charge >= 0.3 is 5.97 Å². The maximum absolute atomic E-state index is 12.1. The van der Waals surface area contributed by atoms with Gasteiger partial charge in [0.05, 0.1) is 0 Å². The van der Waals surface area contributed by atoms with Crippen LogP contribution in [0.15, 0.2) is 23.3 Å². The van der Waals surface area contributed by atoms with E-state index in [0.717, 1.165) is 29.3 Å². The van der Waals surface area contributed by atoms with Crippen LogP contribution < -0.4 is 10.2 Å². The van der Waals surface area contributed by atoms with E-state index in [9.17, 15) is 14.4 Å². The molecule has 8 nitrogen and oxygen atoms in total. The summed E-state index contributed by atoms with van der Waals surface area (Å²) in [5.41, 5.74) is 2.95. The minimum absolute atomic E-state index is 0.149. The van der Waals surface area contributed by atoms with E-state index < -0.39 is 18.5 Å². The number of carbonyl (C=O) groups is 3. The maximum atomic E-state index is 12.1. The maximum Gasteiger partial charge on any atom is 0.355 e. The lowest BCUT2D eigenvalue weighted by Crippen LogP contribution is -2.33. The first-order valence-corrected chi connectivity index (χ1v) is 9.10. The molecule has 27 heavy (non-hydrogen) atoms. The first-order valence-electron chi connectivity index (χ1n) is 9.10. The molecule has 2 aliphatic rings. The standard InChI is InChI=1S/C19H24N4O4/c1-13-11-14(23-9-3-4-10-23)5-6-15(13)20-17(24)12-27-19(26)16-7-8-18(25)22(2)21-16/h5-6,11H,3-4,7-10,12H2,1-2H3,(H,20,24). The van der Waals surface area contributed by atoms with Crippen LogP contribution in [0.2, 0.25) is 0 Å². The highest BCUT2D eigenvalue weighted by molar-refractivity contribution is 6.37. The van der Waals surface area contributed by atoms with Gasteiger partial charge in [-0.3, -0.25) is 9.59 Å². The Morgan fingerprint density at radius 2 is 1.96 bits per heavy atom. The zero-order chi connectivity index (χ0) is 19.4. The second kappa shape index (κ2) is 8.20. The number of benzene rings is 1. The second-order valence-electron chi connectivity index (χ2n) is 6.78. The number of nitrogens with one attached hydrogen (secondary N) is 1. The van der Waals surface area contributed by atoms with Crippen LogP contribution in [0.25, 0.3) is 0 Å². The van der Waals surface area contributed by atoms with Crippen molar-refractivity contribution in [3.05, 3.63) is 23.8 Å². The Labute approximate surface area is 158 Å². The van der Waals surface area contributed by atoms with E-state index in [1.807, 2.05) is 19.1 Å². The molecule has 144 valence electrons. The zero-order valence-corrected chi connectivity index (χ0v) is 15.7. The van der Waals surface area contributed by atoms with E-state index in [4.69, 9.17) is 4.74 Å². The summed E-state index contributed by atoms with van der Waals surface area (Å²) in [6.45, 7) is 3.66. The summed E-state index contributed by atoms with van der Waals surface area (Å²) >= 11 is 0. The van der Waals surface area contributed by atoms with Gasteiger partial charge < -0.3 is 15.0 Å². The van der Waals surface area contributed by atoms with Crippen LogP contribution in [-0.2, 0) is 19.1 Å². The minimum Gasteiger partial charge on any atom is -0.451 e. The smallest absolute Gasteiger partial charge is 0.355 e. The Morgan fingerprint density at radius 3 is 2.63 bits per heavy atom. The lowest BCUT2D eigenvalue weighted by Gasteiger charge is -2.19. The van der Waals surface area contributed by atoms with Crippen molar-refractivity contribution in [3.8, 4) is 0 Å². The molecule has 0 spiro atoms. The number of hydrogen-bond acceptors (Lipinski definition) is 6. The molecular weight excluding hydrogens is 348 g/mol. The van der Waals surface area contributed by atoms with Crippen molar-refractivity contribution in [2.75, 3.05) is 37.0 Å². The Morgan fingerprint density at radius 1 is 1.22 bits per heavy atom. The van der Waals surface area contributed by atoms with Crippen LogP contribution in [0.5, 0.6) is 0 Å². The van der Waals surface area contributed by atoms with Gasteiger partial charge in [-0.1, -0.05) is 0 Å². The minimum atomic E-state index is -0.675. The van der Waals surface area contributed by atoms with Gasteiger partial charge in [-0.15, -0.1) is 0 Å². The molecule has 0 saturated carbocycles. The molecule has 3 rings (SSSR count). The van der Waals surface area contributed by atoms with Crippen LogP contribution in [-0.4, -0.2) is 55.2 Å². The molecule has 0 radical (unpaired) electrons. The molecule has 0 aromatic heterocycles. The summed E-state index contributed by atoms with van der Waals surface area (Å²) in [6.07, 6.45) is 2.84. The largest absolute Gasteiger partial charge is 0.451 e. The van der Waals surface area contributed by atoms with E-state index in [1.165, 1.54) is 19.9 Å². The van der Waals surface area contributed by atoms with Gasteiger partial charge in [-0.2, -0.15) is 5.10 Å². The average molecular weight is 372 g/mol. The SMILES string of the molecule is Cc1cc(N2CCCC2)ccc1NC(=O)COC(=O)C1=NN(C)C(=O)CC1. The quantitative estimate of drug-likeness (QED) is 0.794. The van der Waals surface area contributed by atoms with E-state index in [-0.39, 0.29) is 24.5 Å². The molecule has 1 N–H and O–H groups in total. The van der Waals surface area contributed by atoms with Gasteiger partial charge in [0.2, 0.25) is 5.91 Å². The van der Waals surface area contributed by atoms with E-state index in [2.05, 4.69) is 21.4 Å². The predicted molar refractivity (Wildman–Crippen MR) is 102 cm³/mol. The summed E-state index contributed by atoms with van der Waals surface area (Å²) in [6, 6.07) is 5.91. The van der Waals surface area contributed by atoms with Gasteiger partial charge in [0.25, 0.3) is 5.91 Å². The summed E-state index contributed by atoms with van der Waals surface area (Å²) in [5, 5.41) is 7.76. The Hall–Kier alpha value is -2.90.